The molecule has 0 aliphatic heterocycles. The summed E-state index contributed by atoms with van der Waals surface area (Å²) in [7, 11) is -3.83. The molecule has 2 saturated carbocycles. The fourth-order valence-corrected chi connectivity index (χ4v) is 6.88. The van der Waals surface area contributed by atoms with Crippen molar-refractivity contribution in [2.24, 2.45) is 17.8 Å². The van der Waals surface area contributed by atoms with Crippen molar-refractivity contribution >= 4 is 26.8 Å². The fraction of sp³-hybridized carbons (Fsp3) is 0.360. The van der Waals surface area contributed by atoms with Crippen LogP contribution >= 0.6 is 0 Å². The summed E-state index contributed by atoms with van der Waals surface area (Å²) >= 11 is 0. The number of carbonyl (C=O) groups excluding carboxylic acids is 1. The molecule has 3 N–H and O–H groups in total. The first kappa shape index (κ1) is 22.8. The molecule has 1 amide bonds. The van der Waals surface area contributed by atoms with E-state index in [9.17, 15) is 13.2 Å². The van der Waals surface area contributed by atoms with Crippen LogP contribution in [0.3, 0.4) is 0 Å². The number of aryl methyl sites for hydroxylation is 1. The molecule has 4 atom stereocenters. The van der Waals surface area contributed by atoms with Crippen LogP contribution in [0.4, 0.5) is 0 Å². The molecule has 0 spiro atoms. The third-order valence-corrected chi connectivity index (χ3v) is 8.55. The third kappa shape index (κ3) is 4.26. The van der Waals surface area contributed by atoms with Crippen LogP contribution in [0.15, 0.2) is 59.5 Å². The maximum Gasteiger partial charge on any atom is 0.248 e. The molecule has 2 aliphatic carbocycles. The van der Waals surface area contributed by atoms with Crippen molar-refractivity contribution in [3.63, 3.8) is 0 Å². The van der Waals surface area contributed by atoms with E-state index in [4.69, 9.17) is 9.94 Å². The van der Waals surface area contributed by atoms with Crippen molar-refractivity contribution in [2.45, 2.75) is 43.7 Å². The van der Waals surface area contributed by atoms with E-state index < -0.39 is 27.9 Å². The van der Waals surface area contributed by atoms with E-state index in [1.807, 2.05) is 37.3 Å². The van der Waals surface area contributed by atoms with E-state index in [0.29, 0.717) is 12.4 Å². The molecule has 9 heteroatoms. The highest BCUT2D eigenvalue weighted by atomic mass is 32.2. The Balaban J connectivity index is 1.29. The Hall–Kier alpha value is -3.01. The van der Waals surface area contributed by atoms with E-state index in [0.717, 1.165) is 41.4 Å². The van der Waals surface area contributed by atoms with E-state index in [1.165, 1.54) is 12.1 Å². The van der Waals surface area contributed by atoms with Crippen molar-refractivity contribution < 1.29 is 23.2 Å². The number of benzene rings is 2. The van der Waals surface area contributed by atoms with Gasteiger partial charge in [0.25, 0.3) is 0 Å². The third-order valence-electron chi connectivity index (χ3n) is 7.08. The normalized spacial score (nSPS) is 23.8. The summed E-state index contributed by atoms with van der Waals surface area (Å²) < 4.78 is 34.7. The van der Waals surface area contributed by atoms with Gasteiger partial charge in [-0.3, -0.25) is 15.0 Å². The smallest absolute Gasteiger partial charge is 0.248 e. The predicted molar refractivity (Wildman–Crippen MR) is 126 cm³/mol. The Kier molecular flexibility index (Phi) is 6.01. The number of carbonyl (C=O) groups is 1. The molecule has 8 nitrogen and oxygen atoms in total. The topological polar surface area (TPSA) is 118 Å². The van der Waals surface area contributed by atoms with Crippen LogP contribution in [-0.2, 0) is 21.4 Å². The van der Waals surface area contributed by atoms with Gasteiger partial charge in [0.05, 0.1) is 16.3 Å². The summed E-state index contributed by atoms with van der Waals surface area (Å²) in [5, 5.41) is 10.1. The Bertz CT molecular complexity index is 1330. The number of sulfonamides is 1. The molecule has 2 bridgehead atoms. The van der Waals surface area contributed by atoms with Crippen molar-refractivity contribution in [3.05, 3.63) is 65.9 Å². The molecular weight excluding hydrogens is 454 g/mol. The zero-order chi connectivity index (χ0) is 23.9. The maximum absolute atomic E-state index is 13.0. The van der Waals surface area contributed by atoms with Gasteiger partial charge in [-0.25, -0.2) is 18.6 Å². The van der Waals surface area contributed by atoms with Crippen molar-refractivity contribution in [1.82, 2.24) is 15.2 Å². The number of nitrogens with zero attached hydrogens (tertiary/aromatic N) is 1. The van der Waals surface area contributed by atoms with Crippen molar-refractivity contribution in [2.75, 3.05) is 0 Å². The molecule has 0 saturated heterocycles. The second kappa shape index (κ2) is 8.98. The lowest BCUT2D eigenvalue weighted by molar-refractivity contribution is -0.135. The fourth-order valence-electron chi connectivity index (χ4n) is 5.55. The Morgan fingerprint density at radius 1 is 1.12 bits per heavy atom. The molecule has 1 heterocycles. The number of ether oxygens (including phenoxy) is 1. The van der Waals surface area contributed by atoms with Crippen LogP contribution in [0.25, 0.3) is 10.9 Å². The SMILES string of the molecule is Cc1cc(COc2ccc(S(=O)(=O)NC3C4CCC(C4)C3C(=O)NO)cc2)c2ccccc2n1. The number of hydrogen-bond acceptors (Lipinski definition) is 6. The summed E-state index contributed by atoms with van der Waals surface area (Å²) in [6.45, 7) is 2.27. The van der Waals surface area contributed by atoms with E-state index in [1.54, 1.807) is 17.6 Å². The van der Waals surface area contributed by atoms with Crippen LogP contribution in [0.1, 0.15) is 30.5 Å². The van der Waals surface area contributed by atoms with Gasteiger partial charge in [0.2, 0.25) is 15.9 Å². The van der Waals surface area contributed by atoms with Gasteiger partial charge >= 0.3 is 0 Å². The number of aromatic nitrogens is 1. The minimum Gasteiger partial charge on any atom is -0.489 e. The van der Waals surface area contributed by atoms with Gasteiger partial charge in [0.15, 0.2) is 0 Å². The molecule has 2 aromatic carbocycles. The molecule has 178 valence electrons. The highest BCUT2D eigenvalue weighted by Gasteiger charge is 2.52. The molecule has 2 fully saturated rings. The standard InChI is InChI=1S/C25H27N3O5S/c1-15-12-18(21-4-2-3-5-22(21)26-15)14-33-19-8-10-20(11-9-19)34(31,32)28-24-17-7-6-16(13-17)23(24)25(29)27-30/h2-5,8-12,16-17,23-24,28,30H,6-7,13-14H2,1H3,(H,27,29). The number of nitrogens with one attached hydrogen (secondary N) is 2. The average Bonchev–Trinajstić information content (AvgIpc) is 3.44. The number of pyridine rings is 1. The molecule has 0 radical (unpaired) electrons. The van der Waals surface area contributed by atoms with Crippen LogP contribution in [0, 0.1) is 24.7 Å². The monoisotopic (exact) mass is 481 g/mol. The Morgan fingerprint density at radius 2 is 1.85 bits per heavy atom. The number of hydrogen-bond donors (Lipinski definition) is 3. The summed E-state index contributed by atoms with van der Waals surface area (Å²) in [6, 6.07) is 15.6. The molecule has 2 aliphatic rings. The van der Waals surface area contributed by atoms with Gasteiger partial charge < -0.3 is 4.74 Å². The molecule has 34 heavy (non-hydrogen) atoms. The lowest BCUT2D eigenvalue weighted by atomic mass is 9.84. The van der Waals surface area contributed by atoms with Crippen LogP contribution < -0.4 is 14.9 Å². The minimum atomic E-state index is -3.83. The van der Waals surface area contributed by atoms with Crippen LogP contribution in [0.5, 0.6) is 5.75 Å². The van der Waals surface area contributed by atoms with Gasteiger partial charge in [-0.15, -0.1) is 0 Å². The van der Waals surface area contributed by atoms with Crippen molar-refractivity contribution in [3.8, 4) is 5.75 Å². The zero-order valence-electron chi connectivity index (χ0n) is 18.8. The number of rotatable bonds is 7. The first-order chi connectivity index (χ1) is 16.4. The first-order valence-electron chi connectivity index (χ1n) is 11.4. The number of fused-ring (bicyclic) bond motifs is 3. The van der Waals surface area contributed by atoms with Gasteiger partial charge in [0, 0.05) is 22.7 Å². The van der Waals surface area contributed by atoms with Crippen LogP contribution in [0.2, 0.25) is 0 Å². The molecule has 3 aromatic rings. The zero-order valence-corrected chi connectivity index (χ0v) is 19.6. The largest absolute Gasteiger partial charge is 0.489 e. The van der Waals surface area contributed by atoms with Gasteiger partial charge in [-0.2, -0.15) is 0 Å². The summed E-state index contributed by atoms with van der Waals surface area (Å²) in [5.41, 5.74) is 4.51. The second-order valence-corrected chi connectivity index (χ2v) is 10.9. The molecule has 5 rings (SSSR count). The van der Waals surface area contributed by atoms with E-state index in [2.05, 4.69) is 9.71 Å². The maximum atomic E-state index is 13.0. The quantitative estimate of drug-likeness (QED) is 0.352. The van der Waals surface area contributed by atoms with Crippen molar-refractivity contribution in [1.29, 1.82) is 0 Å². The lowest BCUT2D eigenvalue weighted by Crippen LogP contribution is -2.49. The molecular formula is C25H27N3O5S. The van der Waals surface area contributed by atoms with Gasteiger partial charge in [-0.05, 0) is 74.4 Å². The molecule has 4 unspecified atom stereocenters. The summed E-state index contributed by atoms with van der Waals surface area (Å²) in [4.78, 5) is 16.8. The van der Waals surface area contributed by atoms with Gasteiger partial charge in [0.1, 0.15) is 12.4 Å². The Labute approximate surface area is 198 Å². The number of amides is 1. The average molecular weight is 482 g/mol. The second-order valence-electron chi connectivity index (χ2n) is 9.18. The van der Waals surface area contributed by atoms with E-state index in [-0.39, 0.29) is 16.7 Å². The number of hydroxylamine groups is 1. The highest BCUT2D eigenvalue weighted by molar-refractivity contribution is 7.89. The predicted octanol–water partition coefficient (Wildman–Crippen LogP) is 3.32. The van der Waals surface area contributed by atoms with Gasteiger partial charge in [-0.1, -0.05) is 18.2 Å². The molecule has 1 aromatic heterocycles. The Morgan fingerprint density at radius 3 is 2.62 bits per heavy atom. The summed E-state index contributed by atoms with van der Waals surface area (Å²) in [5.74, 6) is -0.339. The minimum absolute atomic E-state index is 0.0912. The first-order valence-corrected chi connectivity index (χ1v) is 12.9. The number of para-hydroxylation sites is 1. The highest BCUT2D eigenvalue weighted by Crippen LogP contribution is 2.49. The summed E-state index contributed by atoms with van der Waals surface area (Å²) in [6.07, 6.45) is 2.55. The van der Waals surface area contributed by atoms with Crippen LogP contribution in [-0.4, -0.2) is 30.6 Å². The lowest BCUT2D eigenvalue weighted by Gasteiger charge is -2.29. The van der Waals surface area contributed by atoms with E-state index >= 15 is 0 Å².